The van der Waals surface area contributed by atoms with Gasteiger partial charge in [-0.3, -0.25) is 9.59 Å². The van der Waals surface area contributed by atoms with Crippen molar-refractivity contribution in [2.24, 2.45) is 35.5 Å². The Balaban J connectivity index is 1.28. The molecule has 5 saturated carbocycles. The van der Waals surface area contributed by atoms with Crippen molar-refractivity contribution in [3.05, 3.63) is 0 Å². The molecule has 2 atom stereocenters. The van der Waals surface area contributed by atoms with E-state index in [4.69, 9.17) is 0 Å². The number of hydrogen-bond acceptors (Lipinski definition) is 2. The van der Waals surface area contributed by atoms with Gasteiger partial charge in [0, 0.05) is 32.0 Å². The summed E-state index contributed by atoms with van der Waals surface area (Å²) < 4.78 is 0. The number of amides is 2. The summed E-state index contributed by atoms with van der Waals surface area (Å²) in [4.78, 5) is 26.4. The minimum absolute atomic E-state index is 0.141. The molecule has 23 heavy (non-hydrogen) atoms. The predicted octanol–water partition coefficient (Wildman–Crippen LogP) is 2.43. The van der Waals surface area contributed by atoms with E-state index in [2.05, 4.69) is 12.2 Å². The molecule has 4 bridgehead atoms. The summed E-state index contributed by atoms with van der Waals surface area (Å²) in [5.74, 6) is 4.45. The summed E-state index contributed by atoms with van der Waals surface area (Å²) in [5.41, 5.74) is 0. The van der Waals surface area contributed by atoms with Crippen LogP contribution in [0.4, 0.5) is 0 Å². The molecule has 5 aliphatic carbocycles. The fourth-order valence-corrected chi connectivity index (χ4v) is 5.98. The van der Waals surface area contributed by atoms with E-state index >= 15 is 0 Å². The lowest BCUT2D eigenvalue weighted by atomic mass is 9.54. The molecule has 0 unspecified atom stereocenters. The third-order valence-electron chi connectivity index (χ3n) is 7.10. The number of nitrogens with one attached hydrogen (secondary N) is 1. The Morgan fingerprint density at radius 1 is 1.00 bits per heavy atom. The van der Waals surface area contributed by atoms with Crippen molar-refractivity contribution in [1.82, 2.24) is 10.2 Å². The second kappa shape index (κ2) is 5.78. The fourth-order valence-electron chi connectivity index (χ4n) is 5.98. The van der Waals surface area contributed by atoms with Crippen molar-refractivity contribution >= 4 is 11.8 Å². The highest BCUT2D eigenvalue weighted by Crippen LogP contribution is 2.55. The van der Waals surface area contributed by atoms with Crippen LogP contribution in [0.3, 0.4) is 0 Å². The molecule has 5 rings (SSSR count). The minimum atomic E-state index is 0.141. The van der Waals surface area contributed by atoms with Gasteiger partial charge in [0.05, 0.1) is 0 Å². The normalized spacial score (nSPS) is 43.3. The molecule has 2 amide bonds. The van der Waals surface area contributed by atoms with Crippen LogP contribution in [0.2, 0.25) is 0 Å². The molecule has 0 aliphatic heterocycles. The second-order valence-corrected chi connectivity index (χ2v) is 8.79. The maximum atomic E-state index is 12.6. The van der Waals surface area contributed by atoms with Gasteiger partial charge >= 0.3 is 0 Å². The summed E-state index contributed by atoms with van der Waals surface area (Å²) in [7, 11) is 2.00. The van der Waals surface area contributed by atoms with Gasteiger partial charge in [-0.15, -0.1) is 0 Å². The average Bonchev–Trinajstić information content (AvgIpc) is 3.22. The largest absolute Gasteiger partial charge is 0.355 e. The Hall–Kier alpha value is -1.06. The lowest BCUT2D eigenvalue weighted by Gasteiger charge is -2.56. The highest BCUT2D eigenvalue weighted by molar-refractivity contribution is 5.82. The van der Waals surface area contributed by atoms with Crippen LogP contribution in [0.15, 0.2) is 0 Å². The van der Waals surface area contributed by atoms with Crippen molar-refractivity contribution in [3.8, 4) is 0 Å². The molecule has 5 aliphatic rings. The van der Waals surface area contributed by atoms with Crippen LogP contribution in [-0.4, -0.2) is 36.3 Å². The van der Waals surface area contributed by atoms with Crippen molar-refractivity contribution in [3.63, 3.8) is 0 Å². The SMILES string of the molecule is C[C@@H]1C[C@H]1C(=O)NCCC(=O)N(C)C1C2CC3CC(C2)CC1C3. The van der Waals surface area contributed by atoms with Gasteiger partial charge in [0.25, 0.3) is 0 Å². The summed E-state index contributed by atoms with van der Waals surface area (Å²) in [6, 6.07) is 0.467. The molecule has 0 radical (unpaired) electrons. The molecular weight excluding hydrogens is 288 g/mol. The number of carbonyl (C=O) groups excluding carboxylic acids is 2. The van der Waals surface area contributed by atoms with E-state index in [1.165, 1.54) is 32.1 Å². The highest BCUT2D eigenvalue weighted by Gasteiger charge is 2.50. The molecule has 0 heterocycles. The quantitative estimate of drug-likeness (QED) is 0.846. The van der Waals surface area contributed by atoms with Gasteiger partial charge in [0.15, 0.2) is 0 Å². The summed E-state index contributed by atoms with van der Waals surface area (Å²) in [6.07, 6.45) is 8.26. The van der Waals surface area contributed by atoms with Gasteiger partial charge in [0.2, 0.25) is 11.8 Å². The summed E-state index contributed by atoms with van der Waals surface area (Å²) in [5, 5.41) is 2.94. The van der Waals surface area contributed by atoms with Crippen LogP contribution < -0.4 is 5.32 Å². The molecule has 1 N–H and O–H groups in total. The van der Waals surface area contributed by atoms with E-state index in [1.54, 1.807) is 0 Å². The monoisotopic (exact) mass is 318 g/mol. The average molecular weight is 318 g/mol. The van der Waals surface area contributed by atoms with E-state index in [0.717, 1.165) is 30.1 Å². The maximum Gasteiger partial charge on any atom is 0.224 e. The molecule has 5 fully saturated rings. The molecule has 0 aromatic rings. The zero-order valence-electron chi connectivity index (χ0n) is 14.5. The summed E-state index contributed by atoms with van der Waals surface area (Å²) in [6.45, 7) is 2.61. The van der Waals surface area contributed by atoms with Gasteiger partial charge in [0.1, 0.15) is 0 Å². The molecule has 0 aromatic carbocycles. The van der Waals surface area contributed by atoms with Gasteiger partial charge in [-0.25, -0.2) is 0 Å². The van der Waals surface area contributed by atoms with Crippen LogP contribution in [0.5, 0.6) is 0 Å². The Morgan fingerprint density at radius 2 is 1.57 bits per heavy atom. The maximum absolute atomic E-state index is 12.6. The van der Waals surface area contributed by atoms with Crippen molar-refractivity contribution < 1.29 is 9.59 Å². The van der Waals surface area contributed by atoms with Crippen LogP contribution in [0, 0.1) is 35.5 Å². The third kappa shape index (κ3) is 2.89. The van der Waals surface area contributed by atoms with Crippen molar-refractivity contribution in [2.45, 2.75) is 57.9 Å². The molecule has 4 nitrogen and oxygen atoms in total. The van der Waals surface area contributed by atoms with Gasteiger partial charge in [-0.05, 0) is 68.1 Å². The van der Waals surface area contributed by atoms with Gasteiger partial charge in [-0.2, -0.15) is 0 Å². The molecule has 4 heteroatoms. The van der Waals surface area contributed by atoms with Gasteiger partial charge < -0.3 is 10.2 Å². The standard InChI is InChI=1S/C19H30N2O2/c1-11-5-16(11)19(23)20-4-3-17(22)21(2)18-14-7-12-6-13(9-14)10-15(18)8-12/h11-16,18H,3-10H2,1-2H3,(H,20,23)/t11-,12?,13?,14?,15?,16-,18?/m1/s1. The van der Waals surface area contributed by atoms with E-state index in [-0.39, 0.29) is 17.7 Å². The molecule has 128 valence electrons. The molecular formula is C19H30N2O2. The van der Waals surface area contributed by atoms with Crippen molar-refractivity contribution in [2.75, 3.05) is 13.6 Å². The first-order valence-electron chi connectivity index (χ1n) is 9.56. The van der Waals surface area contributed by atoms with E-state index in [1.807, 2.05) is 11.9 Å². The Bertz CT molecular complexity index is 476. The number of hydrogen-bond donors (Lipinski definition) is 1. The zero-order valence-corrected chi connectivity index (χ0v) is 14.5. The predicted molar refractivity (Wildman–Crippen MR) is 88.5 cm³/mol. The number of rotatable bonds is 5. The van der Waals surface area contributed by atoms with E-state index in [0.29, 0.717) is 24.9 Å². The zero-order chi connectivity index (χ0) is 16.1. The topological polar surface area (TPSA) is 49.4 Å². The van der Waals surface area contributed by atoms with Crippen LogP contribution in [-0.2, 0) is 9.59 Å². The first-order valence-corrected chi connectivity index (χ1v) is 9.56. The van der Waals surface area contributed by atoms with Crippen LogP contribution in [0.25, 0.3) is 0 Å². The van der Waals surface area contributed by atoms with E-state index in [9.17, 15) is 9.59 Å². The van der Waals surface area contributed by atoms with Crippen LogP contribution in [0.1, 0.15) is 51.9 Å². The van der Waals surface area contributed by atoms with Gasteiger partial charge in [-0.1, -0.05) is 6.92 Å². The third-order valence-corrected chi connectivity index (χ3v) is 7.10. The molecule has 0 saturated heterocycles. The Labute approximate surface area is 139 Å². The second-order valence-electron chi connectivity index (χ2n) is 8.79. The van der Waals surface area contributed by atoms with Crippen molar-refractivity contribution in [1.29, 1.82) is 0 Å². The summed E-state index contributed by atoms with van der Waals surface area (Å²) >= 11 is 0. The molecule has 0 aromatic heterocycles. The van der Waals surface area contributed by atoms with Crippen LogP contribution >= 0.6 is 0 Å². The number of carbonyl (C=O) groups is 2. The number of nitrogens with zero attached hydrogens (tertiary/aromatic N) is 1. The minimum Gasteiger partial charge on any atom is -0.355 e. The fraction of sp³-hybridized carbons (Fsp3) is 0.895. The molecule has 0 spiro atoms. The van der Waals surface area contributed by atoms with E-state index < -0.39 is 0 Å². The Kier molecular flexibility index (Phi) is 3.89. The Morgan fingerprint density at radius 3 is 2.09 bits per heavy atom. The first kappa shape index (κ1) is 15.5. The lowest BCUT2D eigenvalue weighted by molar-refractivity contribution is -0.141. The smallest absolute Gasteiger partial charge is 0.224 e. The highest BCUT2D eigenvalue weighted by atomic mass is 16.2. The first-order chi connectivity index (χ1) is 11.0. The lowest BCUT2D eigenvalue weighted by Crippen LogP contribution is -2.56.